The van der Waals surface area contributed by atoms with Gasteiger partial charge in [-0.15, -0.1) is 5.10 Å². The van der Waals surface area contributed by atoms with E-state index in [1.165, 1.54) is 16.9 Å². The Kier molecular flexibility index (Phi) is 4.90. The Morgan fingerprint density at radius 3 is 2.91 bits per heavy atom. The Hall–Kier alpha value is -2.67. The van der Waals surface area contributed by atoms with Crippen LogP contribution in [0.4, 0.5) is 0 Å². The van der Waals surface area contributed by atoms with Crippen LogP contribution in [0.25, 0.3) is 5.69 Å². The molecule has 1 aromatic heterocycles. The second-order valence-corrected chi connectivity index (χ2v) is 4.44. The number of aromatic nitrogens is 3. The molecule has 1 aromatic carbocycles. The van der Waals surface area contributed by atoms with Crippen LogP contribution in [0.5, 0.6) is 5.75 Å². The number of nitrogens with zero attached hydrogens (tertiary/aromatic N) is 3. The van der Waals surface area contributed by atoms with E-state index >= 15 is 0 Å². The molecule has 0 amide bonds. The molecule has 0 aliphatic carbocycles. The summed E-state index contributed by atoms with van der Waals surface area (Å²) in [7, 11) is 0. The lowest BCUT2D eigenvalue weighted by Crippen LogP contribution is -2.07. The second-order valence-electron chi connectivity index (χ2n) is 4.01. The van der Waals surface area contributed by atoms with E-state index < -0.39 is 11.9 Å². The monoisotopic (exact) mass is 321 g/mol. The van der Waals surface area contributed by atoms with Crippen molar-refractivity contribution in [2.45, 2.75) is 6.92 Å². The summed E-state index contributed by atoms with van der Waals surface area (Å²) in [6.07, 6.45) is 2.39. The molecule has 2 aromatic rings. The molecule has 0 saturated heterocycles. The molecule has 0 radical (unpaired) electrons. The average Bonchev–Trinajstić information content (AvgIpc) is 2.97. The van der Waals surface area contributed by atoms with E-state index in [2.05, 4.69) is 16.9 Å². The Labute approximate surface area is 131 Å². The standard InChI is InChI=1S/C14H12ClN3O4/c1-3-13(19)22-12-7-9(15)5-6-11(12)18-8-10(16-17-18)14(20)21-4-2/h3,5-8H,1,4H2,2H3. The zero-order valence-electron chi connectivity index (χ0n) is 11.7. The maximum Gasteiger partial charge on any atom is 0.360 e. The predicted molar refractivity (Wildman–Crippen MR) is 78.2 cm³/mol. The van der Waals surface area contributed by atoms with Crippen molar-refractivity contribution in [1.29, 1.82) is 0 Å². The van der Waals surface area contributed by atoms with Gasteiger partial charge in [-0.1, -0.05) is 23.4 Å². The SMILES string of the molecule is C=CC(=O)Oc1cc(Cl)ccc1-n1cc(C(=O)OCC)nn1. The summed E-state index contributed by atoms with van der Waals surface area (Å²) in [5, 5.41) is 7.91. The lowest BCUT2D eigenvalue weighted by atomic mass is 10.3. The molecule has 2 rings (SSSR count). The first kappa shape index (κ1) is 15.7. The fourth-order valence-electron chi connectivity index (χ4n) is 1.59. The van der Waals surface area contributed by atoms with Crippen molar-refractivity contribution in [2.24, 2.45) is 0 Å². The van der Waals surface area contributed by atoms with Gasteiger partial charge in [0.2, 0.25) is 0 Å². The fourth-order valence-corrected chi connectivity index (χ4v) is 1.75. The van der Waals surface area contributed by atoms with E-state index in [1.807, 2.05) is 0 Å². The van der Waals surface area contributed by atoms with Crippen LogP contribution in [0.1, 0.15) is 17.4 Å². The number of hydrogen-bond donors (Lipinski definition) is 0. The minimum Gasteiger partial charge on any atom is -0.461 e. The molecular weight excluding hydrogens is 310 g/mol. The summed E-state index contributed by atoms with van der Waals surface area (Å²) in [6.45, 7) is 5.25. The molecule has 0 fully saturated rings. The van der Waals surface area contributed by atoms with Crippen LogP contribution < -0.4 is 4.74 Å². The first-order valence-electron chi connectivity index (χ1n) is 6.28. The lowest BCUT2D eigenvalue weighted by Gasteiger charge is -2.08. The van der Waals surface area contributed by atoms with Crippen LogP contribution in [0.2, 0.25) is 5.02 Å². The van der Waals surface area contributed by atoms with Gasteiger partial charge >= 0.3 is 11.9 Å². The second kappa shape index (κ2) is 6.86. The lowest BCUT2D eigenvalue weighted by molar-refractivity contribution is -0.128. The van der Waals surface area contributed by atoms with Crippen molar-refractivity contribution in [1.82, 2.24) is 15.0 Å². The smallest absolute Gasteiger partial charge is 0.360 e. The summed E-state index contributed by atoms with van der Waals surface area (Å²) < 4.78 is 11.2. The minimum atomic E-state index is -0.644. The zero-order valence-corrected chi connectivity index (χ0v) is 12.4. The quantitative estimate of drug-likeness (QED) is 0.477. The van der Waals surface area contributed by atoms with Gasteiger partial charge in [0.25, 0.3) is 0 Å². The van der Waals surface area contributed by atoms with Crippen LogP contribution in [0, 0.1) is 0 Å². The number of carbonyl (C=O) groups excluding carboxylic acids is 2. The van der Waals surface area contributed by atoms with E-state index in [1.54, 1.807) is 19.1 Å². The molecule has 1 heterocycles. The summed E-state index contributed by atoms with van der Waals surface area (Å²) in [5.41, 5.74) is 0.431. The number of ether oxygens (including phenoxy) is 2. The first-order chi connectivity index (χ1) is 10.5. The number of esters is 2. The summed E-state index contributed by atoms with van der Waals surface area (Å²) in [6, 6.07) is 4.62. The molecule has 22 heavy (non-hydrogen) atoms. The van der Waals surface area contributed by atoms with Gasteiger partial charge in [-0.05, 0) is 19.1 Å². The average molecular weight is 322 g/mol. The Morgan fingerprint density at radius 2 is 2.23 bits per heavy atom. The van der Waals surface area contributed by atoms with Crippen molar-refractivity contribution >= 4 is 23.5 Å². The Morgan fingerprint density at radius 1 is 1.45 bits per heavy atom. The molecule has 7 nitrogen and oxygen atoms in total. The summed E-state index contributed by atoms with van der Waals surface area (Å²) in [4.78, 5) is 23.0. The van der Waals surface area contributed by atoms with Crippen molar-refractivity contribution in [3.8, 4) is 11.4 Å². The summed E-state index contributed by atoms with van der Waals surface area (Å²) in [5.74, 6) is -1.07. The highest BCUT2D eigenvalue weighted by molar-refractivity contribution is 6.30. The third-order valence-electron chi connectivity index (χ3n) is 2.52. The molecule has 0 spiro atoms. The molecule has 0 aliphatic heterocycles. The Balaban J connectivity index is 2.37. The third-order valence-corrected chi connectivity index (χ3v) is 2.76. The highest BCUT2D eigenvalue weighted by Crippen LogP contribution is 2.26. The van der Waals surface area contributed by atoms with Gasteiger partial charge in [0.1, 0.15) is 5.69 Å². The Bertz CT molecular complexity index is 727. The molecule has 0 atom stereocenters. The van der Waals surface area contributed by atoms with Crippen LogP contribution in [0.15, 0.2) is 37.1 Å². The van der Waals surface area contributed by atoms with Crippen LogP contribution >= 0.6 is 11.6 Å². The number of carbonyl (C=O) groups is 2. The molecular formula is C14H12ClN3O4. The predicted octanol–water partition coefficient (Wildman–Crippen LogP) is 2.19. The molecule has 0 saturated carbocycles. The van der Waals surface area contributed by atoms with Crippen LogP contribution in [-0.2, 0) is 9.53 Å². The number of rotatable bonds is 5. The highest BCUT2D eigenvalue weighted by Gasteiger charge is 2.16. The minimum absolute atomic E-state index is 0.0396. The van der Waals surface area contributed by atoms with E-state index in [0.29, 0.717) is 10.7 Å². The molecule has 8 heteroatoms. The van der Waals surface area contributed by atoms with Gasteiger partial charge in [-0.3, -0.25) is 0 Å². The third kappa shape index (κ3) is 3.50. The maximum absolute atomic E-state index is 11.6. The van der Waals surface area contributed by atoms with Crippen molar-refractivity contribution in [3.05, 3.63) is 47.8 Å². The molecule has 0 N–H and O–H groups in total. The zero-order chi connectivity index (χ0) is 16.1. The molecule has 0 unspecified atom stereocenters. The van der Waals surface area contributed by atoms with Crippen molar-refractivity contribution < 1.29 is 19.1 Å². The topological polar surface area (TPSA) is 83.3 Å². The van der Waals surface area contributed by atoms with Gasteiger partial charge in [-0.25, -0.2) is 14.3 Å². The number of halogens is 1. The van der Waals surface area contributed by atoms with Gasteiger partial charge in [0, 0.05) is 17.2 Å². The first-order valence-corrected chi connectivity index (χ1v) is 6.66. The summed E-state index contributed by atoms with van der Waals surface area (Å²) >= 11 is 5.89. The van der Waals surface area contributed by atoms with E-state index in [9.17, 15) is 9.59 Å². The van der Waals surface area contributed by atoms with Crippen LogP contribution in [-0.4, -0.2) is 33.5 Å². The van der Waals surface area contributed by atoms with Gasteiger partial charge in [-0.2, -0.15) is 0 Å². The number of hydrogen-bond acceptors (Lipinski definition) is 6. The maximum atomic E-state index is 11.6. The van der Waals surface area contributed by atoms with E-state index in [0.717, 1.165) is 6.08 Å². The molecule has 114 valence electrons. The van der Waals surface area contributed by atoms with Crippen molar-refractivity contribution in [3.63, 3.8) is 0 Å². The van der Waals surface area contributed by atoms with E-state index in [4.69, 9.17) is 21.1 Å². The highest BCUT2D eigenvalue weighted by atomic mass is 35.5. The fraction of sp³-hybridized carbons (Fsp3) is 0.143. The van der Waals surface area contributed by atoms with Gasteiger partial charge in [0.05, 0.1) is 12.8 Å². The largest absolute Gasteiger partial charge is 0.461 e. The van der Waals surface area contributed by atoms with Crippen LogP contribution in [0.3, 0.4) is 0 Å². The van der Waals surface area contributed by atoms with Gasteiger partial charge < -0.3 is 9.47 Å². The van der Waals surface area contributed by atoms with Gasteiger partial charge in [0.15, 0.2) is 11.4 Å². The van der Waals surface area contributed by atoms with E-state index in [-0.39, 0.29) is 18.1 Å². The normalized spacial score (nSPS) is 10.1. The van der Waals surface area contributed by atoms with Crippen molar-refractivity contribution in [2.75, 3.05) is 6.61 Å². The molecule has 0 aliphatic rings. The molecule has 0 bridgehead atoms. The number of benzene rings is 1.